The Bertz CT molecular complexity index is 429. The maximum atomic E-state index is 11.8. The molecule has 1 nitrogen and oxygen atoms in total. The van der Waals surface area contributed by atoms with E-state index in [4.69, 9.17) is 0 Å². The molecule has 2 heteroatoms. The molecule has 2 atom stereocenters. The van der Waals surface area contributed by atoms with Crippen molar-refractivity contribution in [2.75, 3.05) is 0 Å². The summed E-state index contributed by atoms with van der Waals surface area (Å²) < 4.78 is 0. The number of carbonyl (C=O) groups is 1. The molecule has 0 aliphatic rings. The van der Waals surface area contributed by atoms with Gasteiger partial charge in [0.15, 0.2) is 5.12 Å². The van der Waals surface area contributed by atoms with E-state index in [0.29, 0.717) is 0 Å². The van der Waals surface area contributed by atoms with Crippen LogP contribution in [0, 0.1) is 11.8 Å². The van der Waals surface area contributed by atoms with Gasteiger partial charge in [-0.3, -0.25) is 4.79 Å². The minimum absolute atomic E-state index is 0.0458. The molecule has 1 aromatic carbocycles. The number of hydrogen-bond acceptors (Lipinski definition) is 1. The summed E-state index contributed by atoms with van der Waals surface area (Å²) in [6.45, 7) is 4.61. The zero-order valence-electron chi connectivity index (χ0n) is 15.7. The lowest BCUT2D eigenvalue weighted by atomic mass is 9.92. The number of unbranched alkanes of at least 4 members (excludes halogenated alkanes) is 4. The van der Waals surface area contributed by atoms with Gasteiger partial charge in [0.25, 0.3) is 0 Å². The summed E-state index contributed by atoms with van der Waals surface area (Å²) in [5, 5.41) is 0.0458. The highest BCUT2D eigenvalue weighted by molar-refractivity contribution is 7.96. The minimum atomic E-state index is 0.0458. The first-order valence-corrected chi connectivity index (χ1v) is 10.4. The van der Waals surface area contributed by atoms with Gasteiger partial charge in [-0.1, -0.05) is 102 Å². The lowest BCUT2D eigenvalue weighted by molar-refractivity contribution is -0.114. The smallest absolute Gasteiger partial charge is 0.189 e. The van der Waals surface area contributed by atoms with Crippen molar-refractivity contribution in [3.63, 3.8) is 0 Å². The van der Waals surface area contributed by atoms with Crippen LogP contribution >= 0.6 is 12.6 Å². The molecule has 0 aliphatic carbocycles. The van der Waals surface area contributed by atoms with Crippen LogP contribution in [0.4, 0.5) is 0 Å². The number of carbonyl (C=O) groups excluding carboxylic acids is 1. The summed E-state index contributed by atoms with van der Waals surface area (Å²) in [4.78, 5) is 11.8. The van der Waals surface area contributed by atoms with Crippen molar-refractivity contribution in [3.8, 4) is 0 Å². The van der Waals surface area contributed by atoms with E-state index in [9.17, 15) is 4.79 Å². The third-order valence-corrected chi connectivity index (χ3v) is 5.50. The third-order valence-electron chi connectivity index (χ3n) is 5.13. The quantitative estimate of drug-likeness (QED) is 0.287. The molecule has 0 saturated carbocycles. The van der Waals surface area contributed by atoms with Gasteiger partial charge < -0.3 is 0 Å². The molecule has 1 aromatic rings. The fraction of sp³-hybridized carbons (Fsp3) is 0.682. The summed E-state index contributed by atoms with van der Waals surface area (Å²) in [7, 11) is 0. The monoisotopic (exact) mass is 348 g/mol. The van der Waals surface area contributed by atoms with Crippen LogP contribution in [0.5, 0.6) is 0 Å². The van der Waals surface area contributed by atoms with Gasteiger partial charge in [0.05, 0.1) is 0 Å². The van der Waals surface area contributed by atoms with Gasteiger partial charge in [-0.15, -0.1) is 12.6 Å². The molecule has 0 aliphatic heterocycles. The normalized spacial score (nSPS) is 13.6. The van der Waals surface area contributed by atoms with Gasteiger partial charge >= 0.3 is 0 Å². The Kier molecular flexibility index (Phi) is 12.0. The summed E-state index contributed by atoms with van der Waals surface area (Å²) in [6.07, 6.45) is 13.7. The van der Waals surface area contributed by atoms with E-state index in [1.54, 1.807) is 0 Å². The summed E-state index contributed by atoms with van der Waals surface area (Å²) in [5.41, 5.74) is 1.24. The molecule has 0 N–H and O–H groups in total. The van der Waals surface area contributed by atoms with E-state index in [-0.39, 0.29) is 11.0 Å². The van der Waals surface area contributed by atoms with E-state index >= 15 is 0 Å². The van der Waals surface area contributed by atoms with Crippen LogP contribution in [-0.2, 0) is 11.2 Å². The predicted molar refractivity (Wildman–Crippen MR) is 109 cm³/mol. The fourth-order valence-electron chi connectivity index (χ4n) is 3.43. The van der Waals surface area contributed by atoms with Crippen LogP contribution in [-0.4, -0.2) is 5.12 Å². The van der Waals surface area contributed by atoms with Crippen molar-refractivity contribution in [3.05, 3.63) is 35.9 Å². The van der Waals surface area contributed by atoms with Crippen LogP contribution in [0.2, 0.25) is 0 Å². The van der Waals surface area contributed by atoms with E-state index in [1.807, 2.05) is 18.2 Å². The Balaban J connectivity index is 2.18. The molecular weight excluding hydrogens is 312 g/mol. The molecular formula is C22H36OS. The lowest BCUT2D eigenvalue weighted by Gasteiger charge is -2.15. The number of hydrogen-bond donors (Lipinski definition) is 1. The molecule has 0 aromatic heterocycles. The summed E-state index contributed by atoms with van der Waals surface area (Å²) in [6, 6.07) is 10.3. The van der Waals surface area contributed by atoms with Crippen LogP contribution in [0.15, 0.2) is 30.3 Å². The highest BCUT2D eigenvalue weighted by Gasteiger charge is 2.15. The van der Waals surface area contributed by atoms with Crippen molar-refractivity contribution in [1.29, 1.82) is 0 Å². The van der Waals surface area contributed by atoms with Crippen LogP contribution in [0.25, 0.3) is 0 Å². The maximum Gasteiger partial charge on any atom is 0.189 e. The molecule has 2 unspecified atom stereocenters. The topological polar surface area (TPSA) is 17.1 Å². The molecule has 0 saturated heterocycles. The molecule has 24 heavy (non-hydrogen) atoms. The first-order valence-electron chi connectivity index (χ1n) is 9.94. The molecule has 0 heterocycles. The number of rotatable bonds is 14. The van der Waals surface area contributed by atoms with Gasteiger partial charge in [0.1, 0.15) is 0 Å². The second kappa shape index (κ2) is 13.5. The average molecular weight is 349 g/mol. The Morgan fingerprint density at radius 3 is 2.12 bits per heavy atom. The van der Waals surface area contributed by atoms with Gasteiger partial charge in [-0.25, -0.2) is 0 Å². The highest BCUT2D eigenvalue weighted by Crippen LogP contribution is 2.22. The molecule has 0 fully saturated rings. The van der Waals surface area contributed by atoms with Crippen LogP contribution in [0.3, 0.4) is 0 Å². The third kappa shape index (κ3) is 9.52. The van der Waals surface area contributed by atoms with E-state index in [1.165, 1.54) is 56.9 Å². The fourth-order valence-corrected chi connectivity index (χ4v) is 3.65. The van der Waals surface area contributed by atoms with Gasteiger partial charge in [-0.2, -0.15) is 0 Å². The Hall–Kier alpha value is -0.760. The molecule has 0 radical (unpaired) electrons. The standard InChI is InChI=1S/C22H36OS/c1-3-5-13-19(4-2)14-9-6-7-12-17-21(22(23)24)18-20-15-10-8-11-16-20/h8,10-11,15-16,19,21H,3-7,9,12-14,17-18H2,1-2H3,(H,23,24). The highest BCUT2D eigenvalue weighted by atomic mass is 32.1. The predicted octanol–water partition coefficient (Wildman–Crippen LogP) is 6.86. The number of benzene rings is 1. The molecule has 1 rings (SSSR count). The maximum absolute atomic E-state index is 11.8. The Morgan fingerprint density at radius 2 is 1.54 bits per heavy atom. The Morgan fingerprint density at radius 1 is 0.917 bits per heavy atom. The number of thiol groups is 1. The first kappa shape index (κ1) is 21.3. The minimum Gasteiger partial charge on any atom is -0.287 e. The van der Waals surface area contributed by atoms with Gasteiger partial charge in [0, 0.05) is 5.92 Å². The zero-order chi connectivity index (χ0) is 17.6. The Labute approximate surface area is 155 Å². The van der Waals surface area contributed by atoms with Gasteiger partial charge in [0.2, 0.25) is 0 Å². The molecule has 0 amide bonds. The molecule has 136 valence electrons. The second-order valence-electron chi connectivity index (χ2n) is 7.13. The van der Waals surface area contributed by atoms with Gasteiger partial charge in [-0.05, 0) is 24.3 Å². The van der Waals surface area contributed by atoms with E-state index < -0.39 is 0 Å². The first-order chi connectivity index (χ1) is 11.7. The van der Waals surface area contributed by atoms with Crippen molar-refractivity contribution < 1.29 is 4.79 Å². The largest absolute Gasteiger partial charge is 0.287 e. The van der Waals surface area contributed by atoms with Crippen LogP contribution in [0.1, 0.15) is 83.6 Å². The molecule has 0 spiro atoms. The second-order valence-corrected chi connectivity index (χ2v) is 7.57. The van der Waals surface area contributed by atoms with Crippen molar-refractivity contribution in [1.82, 2.24) is 0 Å². The SMILES string of the molecule is CCCCC(CC)CCCCCCC(Cc1ccccc1)C(=O)S. The zero-order valence-corrected chi connectivity index (χ0v) is 16.6. The van der Waals surface area contributed by atoms with E-state index in [0.717, 1.165) is 25.2 Å². The summed E-state index contributed by atoms with van der Waals surface area (Å²) in [5.74, 6) is 0.999. The van der Waals surface area contributed by atoms with Crippen LogP contribution < -0.4 is 0 Å². The van der Waals surface area contributed by atoms with Crippen molar-refractivity contribution in [2.24, 2.45) is 11.8 Å². The van der Waals surface area contributed by atoms with Crippen molar-refractivity contribution >= 4 is 17.7 Å². The molecule has 0 bridgehead atoms. The van der Waals surface area contributed by atoms with Crippen molar-refractivity contribution in [2.45, 2.75) is 84.5 Å². The average Bonchev–Trinajstić information content (AvgIpc) is 2.60. The lowest BCUT2D eigenvalue weighted by Crippen LogP contribution is -2.12. The van der Waals surface area contributed by atoms with E-state index in [2.05, 4.69) is 38.6 Å². The summed E-state index contributed by atoms with van der Waals surface area (Å²) >= 11 is 4.10.